The largest absolute Gasteiger partial charge is 0.355 e. The van der Waals surface area contributed by atoms with Gasteiger partial charge in [-0.25, -0.2) is 9.89 Å². The van der Waals surface area contributed by atoms with Gasteiger partial charge in [-0.15, -0.1) is 5.10 Å². The van der Waals surface area contributed by atoms with Crippen LogP contribution in [0.15, 0.2) is 9.59 Å². The third kappa shape index (κ3) is 2.93. The van der Waals surface area contributed by atoms with Crippen LogP contribution in [0.5, 0.6) is 0 Å². The molecule has 8 heteroatoms. The number of carbonyl (C=O) groups is 1. The maximum atomic E-state index is 11.1. The summed E-state index contributed by atoms with van der Waals surface area (Å²) in [5.41, 5.74) is -1.35. The zero-order valence-electron chi connectivity index (χ0n) is 8.33. The molecule has 0 fully saturated rings. The molecule has 0 unspecified atom stereocenters. The first-order valence-electron chi connectivity index (χ1n) is 4.13. The summed E-state index contributed by atoms with van der Waals surface area (Å²) in [4.78, 5) is 36.2. The van der Waals surface area contributed by atoms with Gasteiger partial charge in [-0.1, -0.05) is 0 Å². The number of anilines is 1. The number of nitrogens with zero attached hydrogens (tertiary/aromatic N) is 2. The van der Waals surface area contributed by atoms with Crippen LogP contribution in [0.25, 0.3) is 0 Å². The molecule has 1 rings (SSSR count). The van der Waals surface area contributed by atoms with Crippen LogP contribution in [0.1, 0.15) is 0 Å². The Hall–Kier alpha value is -2.12. The third-order valence-electron chi connectivity index (χ3n) is 1.62. The van der Waals surface area contributed by atoms with Crippen LogP contribution in [-0.4, -0.2) is 46.6 Å². The Kier molecular flexibility index (Phi) is 3.21. The maximum absolute atomic E-state index is 11.1. The van der Waals surface area contributed by atoms with E-state index < -0.39 is 11.2 Å². The molecule has 0 saturated carbocycles. The van der Waals surface area contributed by atoms with Crippen LogP contribution in [0.4, 0.5) is 5.82 Å². The average Bonchev–Trinajstić information content (AvgIpc) is 2.15. The standard InChI is InChI=1S/C7H11N5O3/c1-12(2)4(13)3-8-5-6(14)9-7(15)11-10-5/h3H2,1-2H3,(H,8,10)(H2,9,11,14,15). The van der Waals surface area contributed by atoms with E-state index in [1.165, 1.54) is 4.90 Å². The molecule has 0 aliphatic carbocycles. The number of aromatic amines is 2. The summed E-state index contributed by atoms with van der Waals surface area (Å²) >= 11 is 0. The number of amides is 1. The van der Waals surface area contributed by atoms with Crippen molar-refractivity contribution in [3.8, 4) is 0 Å². The van der Waals surface area contributed by atoms with Crippen molar-refractivity contribution in [2.75, 3.05) is 26.0 Å². The van der Waals surface area contributed by atoms with Crippen molar-refractivity contribution in [1.29, 1.82) is 0 Å². The highest BCUT2D eigenvalue weighted by atomic mass is 16.2. The lowest BCUT2D eigenvalue weighted by molar-refractivity contribution is -0.126. The first-order valence-corrected chi connectivity index (χ1v) is 4.13. The SMILES string of the molecule is CN(C)C(=O)CNc1n[nH]c(=O)[nH]c1=O. The molecular formula is C7H11N5O3. The van der Waals surface area contributed by atoms with E-state index in [9.17, 15) is 14.4 Å². The van der Waals surface area contributed by atoms with Crippen molar-refractivity contribution in [3.63, 3.8) is 0 Å². The number of carbonyl (C=O) groups excluding carboxylic acids is 1. The molecule has 1 amide bonds. The first-order chi connectivity index (χ1) is 7.00. The zero-order chi connectivity index (χ0) is 11.4. The van der Waals surface area contributed by atoms with Gasteiger partial charge >= 0.3 is 5.69 Å². The minimum absolute atomic E-state index is 0.0604. The van der Waals surface area contributed by atoms with Crippen molar-refractivity contribution < 1.29 is 4.79 Å². The van der Waals surface area contributed by atoms with Crippen LogP contribution < -0.4 is 16.6 Å². The van der Waals surface area contributed by atoms with Crippen LogP contribution in [-0.2, 0) is 4.79 Å². The molecule has 0 aromatic carbocycles. The van der Waals surface area contributed by atoms with E-state index >= 15 is 0 Å². The van der Waals surface area contributed by atoms with Crippen molar-refractivity contribution in [1.82, 2.24) is 20.1 Å². The summed E-state index contributed by atoms with van der Waals surface area (Å²) in [6.45, 7) is -0.0604. The monoisotopic (exact) mass is 213 g/mol. The molecular weight excluding hydrogens is 202 g/mol. The fraction of sp³-hybridized carbons (Fsp3) is 0.429. The van der Waals surface area contributed by atoms with Gasteiger partial charge in [0.2, 0.25) is 11.7 Å². The summed E-state index contributed by atoms with van der Waals surface area (Å²) < 4.78 is 0. The normalized spacial score (nSPS) is 9.73. The Morgan fingerprint density at radius 2 is 2.13 bits per heavy atom. The number of rotatable bonds is 3. The minimum Gasteiger partial charge on any atom is -0.355 e. The Bertz CT molecular complexity index is 460. The van der Waals surface area contributed by atoms with E-state index in [0.29, 0.717) is 0 Å². The molecule has 0 aliphatic rings. The van der Waals surface area contributed by atoms with Gasteiger partial charge in [0, 0.05) is 14.1 Å². The van der Waals surface area contributed by atoms with Crippen molar-refractivity contribution in [2.45, 2.75) is 0 Å². The molecule has 1 heterocycles. The molecule has 1 aromatic heterocycles. The van der Waals surface area contributed by atoms with E-state index in [2.05, 4.69) is 10.4 Å². The quantitative estimate of drug-likeness (QED) is 0.535. The van der Waals surface area contributed by atoms with Gasteiger partial charge in [0.1, 0.15) is 0 Å². The van der Waals surface area contributed by atoms with Gasteiger partial charge in [0.05, 0.1) is 6.54 Å². The van der Waals surface area contributed by atoms with E-state index in [1.54, 1.807) is 14.1 Å². The van der Waals surface area contributed by atoms with Crippen LogP contribution in [0.3, 0.4) is 0 Å². The molecule has 8 nitrogen and oxygen atoms in total. The lowest BCUT2D eigenvalue weighted by Crippen LogP contribution is -2.32. The Labute approximate surface area is 84.3 Å². The molecule has 0 radical (unpaired) electrons. The predicted octanol–water partition coefficient (Wildman–Crippen LogP) is -2.04. The molecule has 3 N–H and O–H groups in total. The predicted molar refractivity (Wildman–Crippen MR) is 52.7 cm³/mol. The Morgan fingerprint density at radius 1 is 1.47 bits per heavy atom. The summed E-state index contributed by atoms with van der Waals surface area (Å²) in [6, 6.07) is 0. The van der Waals surface area contributed by atoms with E-state index in [1.807, 2.05) is 10.1 Å². The molecule has 0 saturated heterocycles. The van der Waals surface area contributed by atoms with E-state index in [4.69, 9.17) is 0 Å². The van der Waals surface area contributed by atoms with Gasteiger partial charge in [0.15, 0.2) is 0 Å². The fourth-order valence-corrected chi connectivity index (χ4v) is 0.785. The molecule has 0 bridgehead atoms. The summed E-state index contributed by atoms with van der Waals surface area (Å²) in [5.74, 6) is -0.299. The lowest BCUT2D eigenvalue weighted by atomic mass is 10.5. The first kappa shape index (κ1) is 11.0. The van der Waals surface area contributed by atoms with Crippen molar-refractivity contribution in [2.24, 2.45) is 0 Å². The molecule has 1 aromatic rings. The maximum Gasteiger partial charge on any atom is 0.342 e. The van der Waals surface area contributed by atoms with Gasteiger partial charge in [0.25, 0.3) is 5.56 Å². The summed E-state index contributed by atoms with van der Waals surface area (Å²) in [6.07, 6.45) is 0. The second-order valence-corrected chi connectivity index (χ2v) is 3.00. The fourth-order valence-electron chi connectivity index (χ4n) is 0.785. The number of aromatic nitrogens is 3. The van der Waals surface area contributed by atoms with E-state index in [-0.39, 0.29) is 18.3 Å². The lowest BCUT2D eigenvalue weighted by Gasteiger charge is -2.10. The Morgan fingerprint density at radius 3 is 2.67 bits per heavy atom. The zero-order valence-corrected chi connectivity index (χ0v) is 8.33. The van der Waals surface area contributed by atoms with Gasteiger partial charge < -0.3 is 10.2 Å². The molecule has 0 aliphatic heterocycles. The molecule has 0 spiro atoms. The number of hydrogen-bond donors (Lipinski definition) is 3. The van der Waals surface area contributed by atoms with Crippen LogP contribution in [0.2, 0.25) is 0 Å². The topological polar surface area (TPSA) is 111 Å². The molecule has 0 atom stereocenters. The van der Waals surface area contributed by atoms with Crippen LogP contribution >= 0.6 is 0 Å². The van der Waals surface area contributed by atoms with Crippen molar-refractivity contribution in [3.05, 3.63) is 20.8 Å². The minimum atomic E-state index is -0.690. The van der Waals surface area contributed by atoms with Gasteiger partial charge in [-0.05, 0) is 0 Å². The second kappa shape index (κ2) is 4.40. The van der Waals surface area contributed by atoms with Gasteiger partial charge in [-0.2, -0.15) is 0 Å². The Balaban J connectivity index is 2.70. The molecule has 82 valence electrons. The number of likely N-dealkylation sites (N-methyl/N-ethyl adjacent to an activating group) is 1. The number of hydrogen-bond acceptors (Lipinski definition) is 5. The van der Waals surface area contributed by atoms with Gasteiger partial charge in [-0.3, -0.25) is 14.6 Å². The van der Waals surface area contributed by atoms with E-state index in [0.717, 1.165) is 0 Å². The number of nitrogens with one attached hydrogen (secondary N) is 3. The second-order valence-electron chi connectivity index (χ2n) is 3.00. The number of H-pyrrole nitrogens is 2. The summed E-state index contributed by atoms with van der Waals surface area (Å²) in [5, 5.41) is 8.00. The third-order valence-corrected chi connectivity index (χ3v) is 1.62. The highest BCUT2D eigenvalue weighted by Gasteiger charge is 2.06. The highest BCUT2D eigenvalue weighted by Crippen LogP contribution is 1.86. The molecule has 15 heavy (non-hydrogen) atoms. The smallest absolute Gasteiger partial charge is 0.342 e. The summed E-state index contributed by atoms with van der Waals surface area (Å²) in [7, 11) is 3.18. The average molecular weight is 213 g/mol. The van der Waals surface area contributed by atoms with Crippen LogP contribution in [0, 0.1) is 0 Å². The van der Waals surface area contributed by atoms with Crippen molar-refractivity contribution >= 4 is 11.7 Å². The highest BCUT2D eigenvalue weighted by molar-refractivity contribution is 5.79.